The summed E-state index contributed by atoms with van der Waals surface area (Å²) in [6, 6.07) is 0.665. The van der Waals surface area contributed by atoms with E-state index in [1.807, 2.05) is 0 Å². The summed E-state index contributed by atoms with van der Waals surface area (Å²) in [4.78, 5) is 17.8. The molecule has 1 fully saturated rings. The summed E-state index contributed by atoms with van der Waals surface area (Å²) in [5, 5.41) is 7.16. The number of carbonyl (C=O) groups is 1. The van der Waals surface area contributed by atoms with Crippen molar-refractivity contribution in [3.05, 3.63) is 11.3 Å². The van der Waals surface area contributed by atoms with Crippen molar-refractivity contribution in [1.82, 2.24) is 20.0 Å². The maximum atomic E-state index is 13.3. The first-order valence-electron chi connectivity index (χ1n) is 8.65. The Bertz CT molecular complexity index is 608. The second-order valence-corrected chi connectivity index (χ2v) is 7.72. The molecule has 1 aliphatic heterocycles. The fraction of sp³-hybridized carbons (Fsp3) is 0.765. The third-order valence-electron chi connectivity index (χ3n) is 5.93. The van der Waals surface area contributed by atoms with E-state index >= 15 is 0 Å². The molecule has 0 saturated carbocycles. The summed E-state index contributed by atoms with van der Waals surface area (Å²) in [6.07, 6.45) is 0.693. The molecular formula is C17H29N5O. The maximum Gasteiger partial charge on any atom is 0.227 e. The average molecular weight is 319 g/mol. The third-order valence-corrected chi connectivity index (χ3v) is 5.93. The average Bonchev–Trinajstić information content (AvgIpc) is 2.99. The molecule has 0 spiro atoms. The van der Waals surface area contributed by atoms with Crippen LogP contribution in [0.1, 0.15) is 45.9 Å². The Morgan fingerprint density at radius 3 is 2.65 bits per heavy atom. The van der Waals surface area contributed by atoms with Crippen LogP contribution in [0.5, 0.6) is 0 Å². The van der Waals surface area contributed by atoms with Gasteiger partial charge in [0.2, 0.25) is 5.91 Å². The Balaban J connectivity index is 1.82. The molecule has 2 heterocycles. The molecule has 6 heteroatoms. The Morgan fingerprint density at radius 1 is 1.35 bits per heavy atom. The van der Waals surface area contributed by atoms with Crippen molar-refractivity contribution >= 4 is 11.7 Å². The van der Waals surface area contributed by atoms with E-state index in [-0.39, 0.29) is 23.3 Å². The van der Waals surface area contributed by atoms with Gasteiger partial charge in [-0.2, -0.15) is 5.10 Å². The van der Waals surface area contributed by atoms with E-state index in [1.165, 1.54) is 0 Å². The summed E-state index contributed by atoms with van der Waals surface area (Å²) in [5.41, 5.74) is 7.78. The highest BCUT2D eigenvalue weighted by Crippen LogP contribution is 2.44. The lowest BCUT2D eigenvalue weighted by molar-refractivity contribution is -0.143. The standard InChI is InChI=1S/C17H29N5O/c1-6-21-8-11(3)22(9-10(21)2)16(23)13-7-12-14(17(13,4)5)19-20-15(12)18/h10-11,13H,6-9H2,1-5H3,(H3,18,19,20)/t10-,11+,13?/m1/s1. The van der Waals surface area contributed by atoms with Crippen LogP contribution in [-0.2, 0) is 16.6 Å². The number of H-pyrrole nitrogens is 1. The number of aromatic nitrogens is 2. The summed E-state index contributed by atoms with van der Waals surface area (Å²) in [7, 11) is 0. The van der Waals surface area contributed by atoms with Crippen LogP contribution in [0.15, 0.2) is 0 Å². The monoisotopic (exact) mass is 319 g/mol. The highest BCUT2D eigenvalue weighted by atomic mass is 16.2. The molecule has 0 bridgehead atoms. The normalized spacial score (nSPS) is 30.5. The molecule has 1 saturated heterocycles. The minimum atomic E-state index is -0.248. The van der Waals surface area contributed by atoms with Gasteiger partial charge in [-0.15, -0.1) is 0 Å². The molecule has 3 rings (SSSR count). The third kappa shape index (κ3) is 2.43. The molecule has 1 amide bonds. The van der Waals surface area contributed by atoms with Crippen LogP contribution < -0.4 is 5.73 Å². The number of piperazine rings is 1. The van der Waals surface area contributed by atoms with Gasteiger partial charge >= 0.3 is 0 Å². The lowest BCUT2D eigenvalue weighted by Gasteiger charge is -2.45. The Kier molecular flexibility index (Phi) is 3.91. The molecule has 0 radical (unpaired) electrons. The summed E-state index contributed by atoms with van der Waals surface area (Å²) in [6.45, 7) is 13.6. The Hall–Kier alpha value is -1.56. The first kappa shape index (κ1) is 16.3. The van der Waals surface area contributed by atoms with E-state index in [9.17, 15) is 4.79 Å². The molecule has 1 aliphatic carbocycles. The molecule has 3 N–H and O–H groups in total. The molecule has 3 atom stereocenters. The zero-order chi connectivity index (χ0) is 16.9. The molecule has 1 unspecified atom stereocenters. The van der Waals surface area contributed by atoms with Gasteiger partial charge in [0.05, 0.1) is 5.92 Å². The smallest absolute Gasteiger partial charge is 0.227 e. The van der Waals surface area contributed by atoms with E-state index in [0.717, 1.165) is 30.9 Å². The lowest BCUT2D eigenvalue weighted by Crippen LogP contribution is -2.59. The number of hydrogen-bond donors (Lipinski definition) is 2. The van der Waals surface area contributed by atoms with Gasteiger partial charge < -0.3 is 10.6 Å². The van der Waals surface area contributed by atoms with E-state index in [4.69, 9.17) is 5.73 Å². The van der Waals surface area contributed by atoms with Gasteiger partial charge in [-0.25, -0.2) is 0 Å². The number of nitrogens with two attached hydrogens (primary N) is 1. The number of fused-ring (bicyclic) bond motifs is 1. The van der Waals surface area contributed by atoms with Crippen LogP contribution in [0.25, 0.3) is 0 Å². The van der Waals surface area contributed by atoms with Crippen molar-refractivity contribution in [3.8, 4) is 0 Å². The van der Waals surface area contributed by atoms with Crippen molar-refractivity contribution < 1.29 is 4.79 Å². The van der Waals surface area contributed by atoms with E-state index < -0.39 is 0 Å². The lowest BCUT2D eigenvalue weighted by atomic mass is 9.79. The quantitative estimate of drug-likeness (QED) is 0.863. The number of carbonyl (C=O) groups excluding carboxylic acids is 1. The van der Waals surface area contributed by atoms with E-state index in [0.29, 0.717) is 18.3 Å². The fourth-order valence-corrected chi connectivity index (χ4v) is 4.29. The van der Waals surface area contributed by atoms with Crippen LogP contribution in [0.3, 0.4) is 0 Å². The first-order valence-corrected chi connectivity index (χ1v) is 8.65. The van der Waals surface area contributed by atoms with Crippen molar-refractivity contribution in [2.75, 3.05) is 25.4 Å². The molecule has 2 aliphatic rings. The molecule has 128 valence electrons. The molecular weight excluding hydrogens is 290 g/mol. The predicted molar refractivity (Wildman–Crippen MR) is 91.1 cm³/mol. The summed E-state index contributed by atoms with van der Waals surface area (Å²) in [5.74, 6) is 0.742. The van der Waals surface area contributed by atoms with Gasteiger partial charge in [-0.1, -0.05) is 20.8 Å². The number of nitrogens with zero attached hydrogens (tertiary/aromatic N) is 3. The highest BCUT2D eigenvalue weighted by Gasteiger charge is 2.48. The van der Waals surface area contributed by atoms with Crippen LogP contribution in [0, 0.1) is 5.92 Å². The zero-order valence-corrected chi connectivity index (χ0v) is 14.9. The van der Waals surface area contributed by atoms with Gasteiger partial charge in [0.15, 0.2) is 0 Å². The van der Waals surface area contributed by atoms with Crippen molar-refractivity contribution in [3.63, 3.8) is 0 Å². The second kappa shape index (κ2) is 5.51. The number of likely N-dealkylation sites (N-methyl/N-ethyl adjacent to an activating group) is 1. The number of nitrogen functional groups attached to an aromatic ring is 1. The second-order valence-electron chi connectivity index (χ2n) is 7.72. The Morgan fingerprint density at radius 2 is 2.04 bits per heavy atom. The molecule has 1 aromatic heterocycles. The van der Waals surface area contributed by atoms with Crippen LogP contribution >= 0.6 is 0 Å². The van der Waals surface area contributed by atoms with Crippen LogP contribution in [-0.4, -0.2) is 57.6 Å². The SMILES string of the molecule is CCN1C[C@H](C)N(C(=O)C2Cc3c(N)n[nH]c3C2(C)C)C[C@H]1C. The topological polar surface area (TPSA) is 78.2 Å². The predicted octanol–water partition coefficient (Wildman–Crippen LogP) is 1.38. The number of nitrogens with one attached hydrogen (secondary N) is 1. The molecule has 23 heavy (non-hydrogen) atoms. The number of rotatable bonds is 2. The largest absolute Gasteiger partial charge is 0.382 e. The molecule has 1 aromatic rings. The molecule has 0 aromatic carbocycles. The fourth-order valence-electron chi connectivity index (χ4n) is 4.29. The molecule has 6 nitrogen and oxygen atoms in total. The Labute approximate surface area is 138 Å². The van der Waals surface area contributed by atoms with Gasteiger partial charge in [0, 0.05) is 41.8 Å². The maximum absolute atomic E-state index is 13.3. The van der Waals surface area contributed by atoms with E-state index in [2.05, 4.69) is 54.6 Å². The number of aromatic amines is 1. The number of anilines is 1. The van der Waals surface area contributed by atoms with Gasteiger partial charge in [0.25, 0.3) is 0 Å². The summed E-state index contributed by atoms with van der Waals surface area (Å²) < 4.78 is 0. The summed E-state index contributed by atoms with van der Waals surface area (Å²) >= 11 is 0. The van der Waals surface area contributed by atoms with Gasteiger partial charge in [0.1, 0.15) is 5.82 Å². The van der Waals surface area contributed by atoms with Crippen molar-refractivity contribution in [2.24, 2.45) is 5.92 Å². The highest BCUT2D eigenvalue weighted by molar-refractivity contribution is 5.83. The van der Waals surface area contributed by atoms with Crippen LogP contribution in [0.2, 0.25) is 0 Å². The number of amides is 1. The van der Waals surface area contributed by atoms with Crippen LogP contribution in [0.4, 0.5) is 5.82 Å². The van der Waals surface area contributed by atoms with Crippen molar-refractivity contribution in [2.45, 2.75) is 58.5 Å². The minimum absolute atomic E-state index is 0.0584. The van der Waals surface area contributed by atoms with Gasteiger partial charge in [-0.3, -0.25) is 14.8 Å². The van der Waals surface area contributed by atoms with Gasteiger partial charge in [-0.05, 0) is 26.8 Å². The number of hydrogen-bond acceptors (Lipinski definition) is 4. The van der Waals surface area contributed by atoms with Crippen molar-refractivity contribution in [1.29, 1.82) is 0 Å². The van der Waals surface area contributed by atoms with E-state index in [1.54, 1.807) is 0 Å². The zero-order valence-electron chi connectivity index (χ0n) is 14.9. The minimum Gasteiger partial charge on any atom is -0.382 e. The first-order chi connectivity index (χ1) is 10.8.